The van der Waals surface area contributed by atoms with Gasteiger partial charge in [-0.15, -0.1) is 0 Å². The number of rotatable bonds is 6. The Labute approximate surface area is 127 Å². The number of nitrogens with zero attached hydrogens (tertiary/aromatic N) is 2. The average molecular weight is 308 g/mol. The predicted octanol–water partition coefficient (Wildman–Crippen LogP) is 3.83. The van der Waals surface area contributed by atoms with E-state index in [0.29, 0.717) is 6.54 Å². The van der Waals surface area contributed by atoms with Crippen molar-refractivity contribution in [2.75, 3.05) is 0 Å². The number of carbonyl (C=O) groups excluding carboxylic acids is 1. The molecule has 1 aromatic carbocycles. The molecular formula is C16H18F2N2O2. The van der Waals surface area contributed by atoms with E-state index in [0.717, 1.165) is 5.56 Å². The van der Waals surface area contributed by atoms with E-state index in [4.69, 9.17) is 4.74 Å². The zero-order chi connectivity index (χ0) is 16.1. The number of halogens is 2. The van der Waals surface area contributed by atoms with Crippen LogP contribution in [0.4, 0.5) is 8.78 Å². The molecule has 0 aliphatic heterocycles. The second kappa shape index (κ2) is 7.15. The first kappa shape index (κ1) is 16.1. The van der Waals surface area contributed by atoms with Crippen LogP contribution in [0.25, 0.3) is 0 Å². The lowest BCUT2D eigenvalue weighted by Crippen LogP contribution is -2.10. The third kappa shape index (κ3) is 4.13. The van der Waals surface area contributed by atoms with E-state index in [1.165, 1.54) is 10.9 Å². The zero-order valence-corrected chi connectivity index (χ0v) is 12.5. The molecule has 0 saturated heterocycles. The Hall–Kier alpha value is -2.24. The monoisotopic (exact) mass is 308 g/mol. The standard InChI is InChI=1S/C16H18F2N2O2/c1-11(2)8-20-9-13(15(17)18)14(19-20)16(21)22-10-12-6-4-3-5-7-12/h3-7,9,11,15H,8,10H2,1-2H3. The van der Waals surface area contributed by atoms with E-state index in [1.54, 1.807) is 12.1 Å². The number of hydrogen-bond donors (Lipinski definition) is 0. The van der Waals surface area contributed by atoms with Gasteiger partial charge in [0, 0.05) is 12.7 Å². The summed E-state index contributed by atoms with van der Waals surface area (Å²) in [4.78, 5) is 12.0. The maximum atomic E-state index is 13.0. The first-order valence-corrected chi connectivity index (χ1v) is 7.04. The number of carbonyl (C=O) groups is 1. The van der Waals surface area contributed by atoms with E-state index in [2.05, 4.69) is 5.10 Å². The van der Waals surface area contributed by atoms with E-state index in [1.807, 2.05) is 32.0 Å². The molecule has 2 rings (SSSR count). The molecule has 0 aliphatic rings. The van der Waals surface area contributed by atoms with Crippen molar-refractivity contribution >= 4 is 5.97 Å². The smallest absolute Gasteiger partial charge is 0.359 e. The van der Waals surface area contributed by atoms with Crippen LogP contribution in [0.2, 0.25) is 0 Å². The minimum absolute atomic E-state index is 0.0272. The third-order valence-corrected chi connectivity index (χ3v) is 2.98. The summed E-state index contributed by atoms with van der Waals surface area (Å²) < 4.78 is 32.5. The van der Waals surface area contributed by atoms with E-state index < -0.39 is 18.0 Å². The highest BCUT2D eigenvalue weighted by Gasteiger charge is 2.24. The Kier molecular flexibility index (Phi) is 5.25. The van der Waals surface area contributed by atoms with Gasteiger partial charge in [0.25, 0.3) is 6.43 Å². The van der Waals surface area contributed by atoms with Gasteiger partial charge in [0.05, 0.1) is 5.56 Å². The van der Waals surface area contributed by atoms with Crippen molar-refractivity contribution in [2.24, 2.45) is 5.92 Å². The molecule has 0 amide bonds. The van der Waals surface area contributed by atoms with Crippen molar-refractivity contribution < 1.29 is 18.3 Å². The van der Waals surface area contributed by atoms with Crippen LogP contribution in [0, 0.1) is 5.92 Å². The summed E-state index contributed by atoms with van der Waals surface area (Å²) in [6, 6.07) is 9.04. The molecule has 0 fully saturated rings. The number of esters is 1. The van der Waals surface area contributed by atoms with Gasteiger partial charge in [0.1, 0.15) is 6.61 Å². The van der Waals surface area contributed by atoms with Crippen molar-refractivity contribution in [2.45, 2.75) is 33.4 Å². The van der Waals surface area contributed by atoms with Crippen LogP contribution in [-0.2, 0) is 17.9 Å². The summed E-state index contributed by atoms with van der Waals surface area (Å²) in [5, 5.41) is 3.95. The summed E-state index contributed by atoms with van der Waals surface area (Å²) in [6.45, 7) is 4.37. The van der Waals surface area contributed by atoms with Gasteiger partial charge in [0.15, 0.2) is 5.69 Å². The summed E-state index contributed by atoms with van der Waals surface area (Å²) in [5.41, 5.74) is 0.0846. The van der Waals surface area contributed by atoms with Gasteiger partial charge >= 0.3 is 5.97 Å². The molecule has 118 valence electrons. The molecule has 1 heterocycles. The minimum Gasteiger partial charge on any atom is -0.456 e. The fourth-order valence-corrected chi connectivity index (χ4v) is 2.01. The predicted molar refractivity (Wildman–Crippen MR) is 77.6 cm³/mol. The van der Waals surface area contributed by atoms with Gasteiger partial charge in [-0.05, 0) is 11.5 Å². The van der Waals surface area contributed by atoms with Gasteiger partial charge in [-0.1, -0.05) is 44.2 Å². The quantitative estimate of drug-likeness (QED) is 0.762. The summed E-state index contributed by atoms with van der Waals surface area (Å²) in [6.07, 6.45) is -1.55. The molecule has 6 heteroatoms. The number of aromatic nitrogens is 2. The first-order chi connectivity index (χ1) is 10.5. The SMILES string of the molecule is CC(C)Cn1cc(C(F)F)c(C(=O)OCc2ccccc2)n1. The molecule has 4 nitrogen and oxygen atoms in total. The largest absolute Gasteiger partial charge is 0.456 e. The molecule has 22 heavy (non-hydrogen) atoms. The van der Waals surface area contributed by atoms with Crippen LogP contribution >= 0.6 is 0 Å². The molecule has 0 radical (unpaired) electrons. The minimum atomic E-state index is -2.76. The second-order valence-electron chi connectivity index (χ2n) is 5.41. The Balaban J connectivity index is 2.12. The third-order valence-electron chi connectivity index (χ3n) is 2.98. The van der Waals surface area contributed by atoms with E-state index in [9.17, 15) is 13.6 Å². The topological polar surface area (TPSA) is 44.1 Å². The van der Waals surface area contributed by atoms with Gasteiger partial charge in [-0.25, -0.2) is 13.6 Å². The second-order valence-corrected chi connectivity index (χ2v) is 5.41. The fraction of sp³-hybridized carbons (Fsp3) is 0.375. The molecule has 0 N–H and O–H groups in total. The molecule has 0 unspecified atom stereocenters. The lowest BCUT2D eigenvalue weighted by molar-refractivity contribution is 0.0454. The maximum absolute atomic E-state index is 13.0. The number of hydrogen-bond acceptors (Lipinski definition) is 3. The van der Waals surface area contributed by atoms with E-state index in [-0.39, 0.29) is 18.2 Å². The van der Waals surface area contributed by atoms with Gasteiger partial charge in [-0.3, -0.25) is 4.68 Å². The lowest BCUT2D eigenvalue weighted by atomic mass is 10.2. The van der Waals surface area contributed by atoms with Gasteiger partial charge in [0.2, 0.25) is 0 Å². The van der Waals surface area contributed by atoms with Crippen molar-refractivity contribution in [1.82, 2.24) is 9.78 Å². The van der Waals surface area contributed by atoms with Crippen molar-refractivity contribution in [3.8, 4) is 0 Å². The Bertz CT molecular complexity index is 624. The van der Waals surface area contributed by atoms with Crippen molar-refractivity contribution in [3.05, 3.63) is 53.3 Å². The average Bonchev–Trinajstić information content (AvgIpc) is 2.89. The molecule has 0 aliphatic carbocycles. The van der Waals surface area contributed by atoms with Crippen LogP contribution in [0.15, 0.2) is 36.5 Å². The molecule has 0 spiro atoms. The maximum Gasteiger partial charge on any atom is 0.359 e. The highest BCUT2D eigenvalue weighted by molar-refractivity contribution is 5.88. The lowest BCUT2D eigenvalue weighted by Gasteiger charge is -2.05. The molecular weight excluding hydrogens is 290 g/mol. The Morgan fingerprint density at radius 1 is 1.27 bits per heavy atom. The highest BCUT2D eigenvalue weighted by Crippen LogP contribution is 2.23. The molecule has 0 atom stereocenters. The van der Waals surface area contributed by atoms with Crippen LogP contribution in [0.1, 0.15) is 41.9 Å². The molecule has 2 aromatic rings. The number of alkyl halides is 2. The zero-order valence-electron chi connectivity index (χ0n) is 12.5. The normalized spacial score (nSPS) is 11.2. The van der Waals surface area contributed by atoms with Crippen LogP contribution < -0.4 is 0 Å². The summed E-state index contributed by atoms with van der Waals surface area (Å²) in [7, 11) is 0. The Morgan fingerprint density at radius 2 is 1.95 bits per heavy atom. The van der Waals surface area contributed by atoms with Gasteiger partial charge in [-0.2, -0.15) is 5.10 Å². The van der Waals surface area contributed by atoms with Crippen LogP contribution in [0.5, 0.6) is 0 Å². The van der Waals surface area contributed by atoms with Crippen molar-refractivity contribution in [3.63, 3.8) is 0 Å². The van der Waals surface area contributed by atoms with Gasteiger partial charge < -0.3 is 4.74 Å². The molecule has 1 aromatic heterocycles. The van der Waals surface area contributed by atoms with Crippen molar-refractivity contribution in [1.29, 1.82) is 0 Å². The number of ether oxygens (including phenoxy) is 1. The van der Waals surface area contributed by atoms with Crippen LogP contribution in [0.3, 0.4) is 0 Å². The summed E-state index contributed by atoms with van der Waals surface area (Å²) in [5.74, 6) is -0.597. The fourth-order valence-electron chi connectivity index (χ4n) is 2.01. The molecule has 0 saturated carbocycles. The number of benzene rings is 1. The van der Waals surface area contributed by atoms with E-state index >= 15 is 0 Å². The molecule has 0 bridgehead atoms. The first-order valence-electron chi connectivity index (χ1n) is 7.04. The van der Waals surface area contributed by atoms with Crippen LogP contribution in [-0.4, -0.2) is 15.7 Å². The Morgan fingerprint density at radius 3 is 2.55 bits per heavy atom. The highest BCUT2D eigenvalue weighted by atomic mass is 19.3. The summed E-state index contributed by atoms with van der Waals surface area (Å²) >= 11 is 0.